The molecule has 2 atom stereocenters. The molecule has 1 aromatic carbocycles. The summed E-state index contributed by atoms with van der Waals surface area (Å²) in [7, 11) is 0. The topological polar surface area (TPSA) is 59.6 Å². The third-order valence-corrected chi connectivity index (χ3v) is 4.26. The third-order valence-electron chi connectivity index (χ3n) is 4.26. The van der Waals surface area contributed by atoms with Crippen molar-refractivity contribution in [3.8, 4) is 5.75 Å². The van der Waals surface area contributed by atoms with Gasteiger partial charge in [0.2, 0.25) is 5.91 Å². The summed E-state index contributed by atoms with van der Waals surface area (Å²) in [6.07, 6.45) is 0.975. The van der Waals surface area contributed by atoms with E-state index in [2.05, 4.69) is 10.6 Å². The number of benzene rings is 1. The highest BCUT2D eigenvalue weighted by atomic mass is 35.5. The molecule has 2 aliphatic heterocycles. The van der Waals surface area contributed by atoms with Crippen molar-refractivity contribution in [2.75, 3.05) is 31.6 Å². The fraction of sp³-hybridized carbons (Fsp3) is 0.562. The molecule has 2 heterocycles. The van der Waals surface area contributed by atoms with Gasteiger partial charge in [-0.3, -0.25) is 4.79 Å². The molecular formula is C16H23ClN2O3. The number of amides is 1. The van der Waals surface area contributed by atoms with Crippen molar-refractivity contribution >= 4 is 24.0 Å². The lowest BCUT2D eigenvalue weighted by atomic mass is 9.88. The van der Waals surface area contributed by atoms with E-state index in [9.17, 15) is 4.79 Å². The fourth-order valence-corrected chi connectivity index (χ4v) is 2.58. The van der Waals surface area contributed by atoms with Gasteiger partial charge in [-0.15, -0.1) is 12.4 Å². The number of carbonyl (C=O) groups excluding carboxylic acids is 1. The van der Waals surface area contributed by atoms with Gasteiger partial charge in [0.15, 0.2) is 0 Å². The summed E-state index contributed by atoms with van der Waals surface area (Å²) in [4.78, 5) is 12.3. The first-order valence-electron chi connectivity index (χ1n) is 7.59. The van der Waals surface area contributed by atoms with Crippen LogP contribution in [0.3, 0.4) is 0 Å². The summed E-state index contributed by atoms with van der Waals surface area (Å²) in [6.45, 7) is 5.19. The molecule has 1 amide bonds. The molecule has 3 rings (SSSR count). The lowest BCUT2D eigenvalue weighted by Gasteiger charge is -2.31. The Kier molecular flexibility index (Phi) is 6.06. The Morgan fingerprint density at radius 2 is 2.18 bits per heavy atom. The second-order valence-electron chi connectivity index (χ2n) is 5.80. The lowest BCUT2D eigenvalue weighted by Crippen LogP contribution is -2.48. The monoisotopic (exact) mass is 326 g/mol. The fourth-order valence-electron chi connectivity index (χ4n) is 2.58. The molecule has 0 saturated carbocycles. The minimum absolute atomic E-state index is 0. The van der Waals surface area contributed by atoms with Crippen molar-refractivity contribution in [2.24, 2.45) is 11.8 Å². The number of anilines is 1. The highest BCUT2D eigenvalue weighted by molar-refractivity contribution is 5.94. The molecule has 6 heteroatoms. The van der Waals surface area contributed by atoms with Crippen molar-refractivity contribution in [1.82, 2.24) is 5.32 Å². The first-order chi connectivity index (χ1) is 10.2. The Bertz CT molecular complexity index is 502. The molecule has 2 saturated heterocycles. The largest absolute Gasteiger partial charge is 0.486 e. The van der Waals surface area contributed by atoms with Crippen LogP contribution in [0.1, 0.15) is 13.3 Å². The molecule has 2 fully saturated rings. The van der Waals surface area contributed by atoms with E-state index in [4.69, 9.17) is 9.47 Å². The van der Waals surface area contributed by atoms with E-state index >= 15 is 0 Å². The summed E-state index contributed by atoms with van der Waals surface area (Å²) in [6, 6.07) is 7.60. The van der Waals surface area contributed by atoms with Crippen molar-refractivity contribution in [2.45, 2.75) is 19.4 Å². The second-order valence-corrected chi connectivity index (χ2v) is 5.80. The number of halogens is 1. The average molecular weight is 327 g/mol. The third kappa shape index (κ3) is 3.91. The summed E-state index contributed by atoms with van der Waals surface area (Å²) < 4.78 is 11.3. The van der Waals surface area contributed by atoms with E-state index in [1.807, 2.05) is 31.2 Å². The molecule has 1 aromatic rings. The van der Waals surface area contributed by atoms with Crippen LogP contribution in [0.25, 0.3) is 0 Å². The van der Waals surface area contributed by atoms with Crippen LogP contribution >= 0.6 is 12.4 Å². The number of para-hydroxylation sites is 2. The molecule has 0 bridgehead atoms. The Labute approximate surface area is 137 Å². The van der Waals surface area contributed by atoms with Crippen molar-refractivity contribution in [3.05, 3.63) is 24.3 Å². The van der Waals surface area contributed by atoms with Crippen LogP contribution in [0.5, 0.6) is 5.75 Å². The van der Waals surface area contributed by atoms with E-state index in [-0.39, 0.29) is 30.3 Å². The summed E-state index contributed by atoms with van der Waals surface area (Å²) in [5.41, 5.74) is 0.744. The maximum atomic E-state index is 12.3. The molecule has 0 spiro atoms. The van der Waals surface area contributed by atoms with Crippen LogP contribution in [0.2, 0.25) is 0 Å². The minimum atomic E-state index is 0. The lowest BCUT2D eigenvalue weighted by molar-refractivity contribution is -0.121. The maximum absolute atomic E-state index is 12.3. The van der Waals surface area contributed by atoms with E-state index in [1.165, 1.54) is 0 Å². The Morgan fingerprint density at radius 3 is 2.82 bits per heavy atom. The standard InChI is InChI=1S/C16H22N2O3.ClH/c1-11(12-8-17-9-12)16(19)18-14-4-2-3-5-15(14)21-13-6-7-20-10-13;/h2-5,11-13,17H,6-10H2,1H3,(H,18,19);1H. The zero-order valence-corrected chi connectivity index (χ0v) is 13.5. The highest BCUT2D eigenvalue weighted by Gasteiger charge is 2.29. The van der Waals surface area contributed by atoms with E-state index < -0.39 is 0 Å². The van der Waals surface area contributed by atoms with Crippen LogP contribution < -0.4 is 15.4 Å². The Balaban J connectivity index is 0.00000176. The van der Waals surface area contributed by atoms with Crippen LogP contribution in [0, 0.1) is 11.8 Å². The summed E-state index contributed by atoms with van der Waals surface area (Å²) in [5.74, 6) is 1.22. The van der Waals surface area contributed by atoms with Crippen molar-refractivity contribution in [1.29, 1.82) is 0 Å². The quantitative estimate of drug-likeness (QED) is 0.869. The van der Waals surface area contributed by atoms with Gasteiger partial charge in [-0.05, 0) is 31.1 Å². The predicted molar refractivity (Wildman–Crippen MR) is 87.7 cm³/mol. The van der Waals surface area contributed by atoms with E-state index in [0.717, 1.165) is 37.6 Å². The number of carbonyl (C=O) groups is 1. The number of nitrogens with one attached hydrogen (secondary N) is 2. The zero-order valence-electron chi connectivity index (χ0n) is 12.7. The van der Waals surface area contributed by atoms with Crippen LogP contribution in [-0.4, -0.2) is 38.3 Å². The van der Waals surface area contributed by atoms with Gasteiger partial charge in [0.25, 0.3) is 0 Å². The molecule has 0 aromatic heterocycles. The second kappa shape index (κ2) is 7.81. The van der Waals surface area contributed by atoms with Crippen LogP contribution in [-0.2, 0) is 9.53 Å². The zero-order chi connectivity index (χ0) is 14.7. The number of rotatable bonds is 5. The van der Waals surface area contributed by atoms with Gasteiger partial charge >= 0.3 is 0 Å². The SMILES string of the molecule is CC(C(=O)Nc1ccccc1OC1CCOC1)C1CNC1.Cl. The molecule has 0 aliphatic carbocycles. The first kappa shape index (κ1) is 17.1. The number of ether oxygens (including phenoxy) is 2. The maximum Gasteiger partial charge on any atom is 0.227 e. The van der Waals surface area contributed by atoms with Gasteiger partial charge in [0.1, 0.15) is 11.9 Å². The predicted octanol–water partition coefficient (Wildman–Crippen LogP) is 2.07. The highest BCUT2D eigenvalue weighted by Crippen LogP contribution is 2.28. The average Bonchev–Trinajstić information content (AvgIpc) is 2.92. The van der Waals surface area contributed by atoms with Gasteiger partial charge in [0, 0.05) is 12.3 Å². The van der Waals surface area contributed by atoms with E-state index in [0.29, 0.717) is 12.5 Å². The Morgan fingerprint density at radius 1 is 1.41 bits per heavy atom. The number of hydrogen-bond donors (Lipinski definition) is 2. The van der Waals surface area contributed by atoms with Crippen molar-refractivity contribution in [3.63, 3.8) is 0 Å². The summed E-state index contributed by atoms with van der Waals surface area (Å²) in [5, 5.41) is 6.20. The van der Waals surface area contributed by atoms with Gasteiger partial charge in [-0.25, -0.2) is 0 Å². The summed E-state index contributed by atoms with van der Waals surface area (Å²) >= 11 is 0. The molecule has 5 nitrogen and oxygen atoms in total. The van der Waals surface area contributed by atoms with E-state index in [1.54, 1.807) is 0 Å². The Hall–Kier alpha value is -1.30. The van der Waals surface area contributed by atoms with Crippen molar-refractivity contribution < 1.29 is 14.3 Å². The van der Waals surface area contributed by atoms with Crippen LogP contribution in [0.4, 0.5) is 5.69 Å². The molecule has 2 unspecified atom stereocenters. The minimum Gasteiger partial charge on any atom is -0.486 e. The van der Waals surface area contributed by atoms with Gasteiger partial charge in [-0.1, -0.05) is 19.1 Å². The van der Waals surface area contributed by atoms with Gasteiger partial charge in [-0.2, -0.15) is 0 Å². The molecule has 2 N–H and O–H groups in total. The molecule has 22 heavy (non-hydrogen) atoms. The van der Waals surface area contributed by atoms with Gasteiger partial charge in [0.05, 0.1) is 18.9 Å². The molecule has 2 aliphatic rings. The number of hydrogen-bond acceptors (Lipinski definition) is 4. The molecule has 122 valence electrons. The van der Waals surface area contributed by atoms with Gasteiger partial charge < -0.3 is 20.1 Å². The molecular weight excluding hydrogens is 304 g/mol. The molecule has 0 radical (unpaired) electrons. The normalized spacial score (nSPS) is 22.3. The smallest absolute Gasteiger partial charge is 0.227 e. The first-order valence-corrected chi connectivity index (χ1v) is 7.59. The van der Waals surface area contributed by atoms with Crippen LogP contribution in [0.15, 0.2) is 24.3 Å².